The molecule has 126 valence electrons. The lowest BCUT2D eigenvalue weighted by Crippen LogP contribution is -2.48. The van der Waals surface area contributed by atoms with E-state index in [-0.39, 0.29) is 11.6 Å². The van der Waals surface area contributed by atoms with Crippen LogP contribution in [0.4, 0.5) is 11.5 Å². The zero-order valence-corrected chi connectivity index (χ0v) is 13.4. The van der Waals surface area contributed by atoms with Crippen LogP contribution < -0.4 is 5.32 Å². The van der Waals surface area contributed by atoms with Gasteiger partial charge in [-0.3, -0.25) is 9.59 Å². The van der Waals surface area contributed by atoms with Crippen molar-refractivity contribution in [3.05, 3.63) is 47.9 Å². The molecule has 0 radical (unpaired) electrons. The number of rotatable bonds is 4. The maximum Gasteiger partial charge on any atom is 0.274 e. The molecule has 1 saturated heterocycles. The zero-order chi connectivity index (χ0) is 17.6. The molecule has 1 aromatic heterocycles. The second kappa shape index (κ2) is 7.40. The molecule has 0 spiro atoms. The van der Waals surface area contributed by atoms with E-state index in [0.29, 0.717) is 37.6 Å². The predicted octanol–water partition coefficient (Wildman–Crippen LogP) is 1.01. The van der Waals surface area contributed by atoms with Crippen LogP contribution in [-0.2, 0) is 4.79 Å². The lowest BCUT2D eigenvalue weighted by Gasteiger charge is -2.32. The summed E-state index contributed by atoms with van der Waals surface area (Å²) in [6.45, 7) is 2.04. The minimum absolute atomic E-state index is 0.192. The summed E-state index contributed by atoms with van der Waals surface area (Å²) in [5, 5.41) is 11.8. The monoisotopic (exact) mass is 336 g/mol. The molecule has 2 aromatic rings. The average Bonchev–Trinajstić information content (AvgIpc) is 2.69. The van der Waals surface area contributed by atoms with Crippen LogP contribution >= 0.6 is 0 Å². The molecular weight excluding hydrogens is 320 g/mol. The van der Waals surface area contributed by atoms with Crippen LogP contribution in [0.15, 0.2) is 36.7 Å². The molecule has 2 heterocycles. The van der Waals surface area contributed by atoms with Gasteiger partial charge in [-0.2, -0.15) is 5.26 Å². The van der Waals surface area contributed by atoms with Gasteiger partial charge in [0.1, 0.15) is 11.5 Å². The highest BCUT2D eigenvalue weighted by molar-refractivity contribution is 5.92. The number of carbonyl (C=O) groups excluding carboxylic acids is 2. The first kappa shape index (κ1) is 16.4. The number of piperazine rings is 1. The van der Waals surface area contributed by atoms with Crippen LogP contribution in [0.2, 0.25) is 0 Å². The highest BCUT2D eigenvalue weighted by Gasteiger charge is 2.22. The van der Waals surface area contributed by atoms with Gasteiger partial charge in [-0.15, -0.1) is 0 Å². The van der Waals surface area contributed by atoms with Crippen LogP contribution in [0, 0.1) is 11.3 Å². The van der Waals surface area contributed by atoms with E-state index >= 15 is 0 Å². The maximum atomic E-state index is 12.4. The number of aromatic nitrogens is 2. The summed E-state index contributed by atoms with van der Waals surface area (Å²) in [4.78, 5) is 34.8. The summed E-state index contributed by atoms with van der Waals surface area (Å²) < 4.78 is 0. The summed E-state index contributed by atoms with van der Waals surface area (Å²) in [5.41, 5.74) is 1.62. The number of amides is 2. The Morgan fingerprint density at radius 1 is 1.12 bits per heavy atom. The van der Waals surface area contributed by atoms with Crippen molar-refractivity contribution < 1.29 is 9.59 Å². The fourth-order valence-corrected chi connectivity index (χ4v) is 2.47. The first-order valence-corrected chi connectivity index (χ1v) is 7.77. The topological polar surface area (TPSA) is 102 Å². The van der Waals surface area contributed by atoms with Crippen LogP contribution in [0.5, 0.6) is 0 Å². The van der Waals surface area contributed by atoms with Gasteiger partial charge in [0.05, 0.1) is 24.0 Å². The summed E-state index contributed by atoms with van der Waals surface area (Å²) in [6.07, 6.45) is 3.72. The molecule has 1 aliphatic rings. The summed E-state index contributed by atoms with van der Waals surface area (Å²) in [5.74, 6) is 0.315. The Bertz CT molecular complexity index is 789. The van der Waals surface area contributed by atoms with Gasteiger partial charge >= 0.3 is 0 Å². The third kappa shape index (κ3) is 3.90. The van der Waals surface area contributed by atoms with Crippen LogP contribution in [-0.4, -0.2) is 58.3 Å². The smallest absolute Gasteiger partial charge is 0.274 e. The molecule has 0 unspecified atom stereocenters. The number of hydrogen-bond acceptors (Lipinski definition) is 6. The molecule has 8 nitrogen and oxygen atoms in total. The Hall–Kier alpha value is -3.47. The molecule has 1 aliphatic heterocycles. The second-order valence-electron chi connectivity index (χ2n) is 5.53. The molecule has 2 amide bonds. The van der Waals surface area contributed by atoms with Gasteiger partial charge in [-0.05, 0) is 24.3 Å². The fourth-order valence-electron chi connectivity index (χ4n) is 2.47. The van der Waals surface area contributed by atoms with Crippen LogP contribution in [0.1, 0.15) is 16.1 Å². The maximum absolute atomic E-state index is 12.4. The summed E-state index contributed by atoms with van der Waals surface area (Å²) in [7, 11) is 0. The van der Waals surface area contributed by atoms with E-state index in [1.54, 1.807) is 34.1 Å². The van der Waals surface area contributed by atoms with E-state index in [0.717, 1.165) is 12.1 Å². The number of nitrogens with zero attached hydrogens (tertiary/aromatic N) is 5. The van der Waals surface area contributed by atoms with Crippen molar-refractivity contribution in [1.29, 1.82) is 5.26 Å². The standard InChI is InChI=1S/C17H16N6O2/c18-9-13-1-3-14(4-2-13)21-16-11-19-15(10-20-16)17(25)23-7-5-22(12-24)6-8-23/h1-4,10-12H,5-8H2,(H,20,21). The van der Waals surface area contributed by atoms with Gasteiger partial charge in [-0.25, -0.2) is 9.97 Å². The first-order chi connectivity index (χ1) is 12.2. The second-order valence-corrected chi connectivity index (χ2v) is 5.53. The first-order valence-electron chi connectivity index (χ1n) is 7.77. The molecule has 1 aromatic carbocycles. The minimum atomic E-state index is -0.192. The molecule has 25 heavy (non-hydrogen) atoms. The van der Waals surface area contributed by atoms with Gasteiger partial charge in [0.25, 0.3) is 5.91 Å². The van der Waals surface area contributed by atoms with E-state index in [1.807, 2.05) is 0 Å². The van der Waals surface area contributed by atoms with E-state index in [9.17, 15) is 9.59 Å². The third-order valence-corrected chi connectivity index (χ3v) is 3.91. The average molecular weight is 336 g/mol. The van der Waals surface area contributed by atoms with Gasteiger partial charge in [0, 0.05) is 31.9 Å². The SMILES string of the molecule is N#Cc1ccc(Nc2cnc(C(=O)N3CCN(C=O)CC3)cn2)cc1. The van der Waals surface area contributed by atoms with Crippen LogP contribution in [0.25, 0.3) is 0 Å². The largest absolute Gasteiger partial charge is 0.342 e. The lowest BCUT2D eigenvalue weighted by molar-refractivity contribution is -0.119. The fraction of sp³-hybridized carbons (Fsp3) is 0.235. The molecule has 0 saturated carbocycles. The van der Waals surface area contributed by atoms with Gasteiger partial charge in [0.2, 0.25) is 6.41 Å². The molecule has 1 fully saturated rings. The Labute approximate surface area is 144 Å². The van der Waals surface area contributed by atoms with E-state index in [4.69, 9.17) is 5.26 Å². The van der Waals surface area contributed by atoms with Crippen molar-refractivity contribution in [1.82, 2.24) is 19.8 Å². The Morgan fingerprint density at radius 3 is 2.40 bits per heavy atom. The lowest BCUT2D eigenvalue weighted by atomic mass is 10.2. The molecule has 0 aliphatic carbocycles. The van der Waals surface area contributed by atoms with Crippen molar-refractivity contribution in [2.75, 3.05) is 31.5 Å². The van der Waals surface area contributed by atoms with Crippen molar-refractivity contribution in [2.24, 2.45) is 0 Å². The van der Waals surface area contributed by atoms with Crippen molar-refractivity contribution in [3.8, 4) is 6.07 Å². The van der Waals surface area contributed by atoms with Crippen molar-refractivity contribution >= 4 is 23.8 Å². The van der Waals surface area contributed by atoms with Crippen LogP contribution in [0.3, 0.4) is 0 Å². The Kier molecular flexibility index (Phi) is 4.85. The van der Waals surface area contributed by atoms with Crippen molar-refractivity contribution in [2.45, 2.75) is 0 Å². The van der Waals surface area contributed by atoms with E-state index in [2.05, 4.69) is 21.4 Å². The molecule has 0 atom stereocenters. The highest BCUT2D eigenvalue weighted by Crippen LogP contribution is 2.15. The number of nitrogens with one attached hydrogen (secondary N) is 1. The number of benzene rings is 1. The Morgan fingerprint density at radius 2 is 1.84 bits per heavy atom. The quantitative estimate of drug-likeness (QED) is 0.836. The number of hydrogen-bond donors (Lipinski definition) is 1. The third-order valence-electron chi connectivity index (χ3n) is 3.91. The normalized spacial score (nSPS) is 13.9. The molecule has 3 rings (SSSR count). The number of carbonyl (C=O) groups is 2. The molecule has 0 bridgehead atoms. The van der Waals surface area contributed by atoms with Gasteiger partial charge in [-0.1, -0.05) is 0 Å². The van der Waals surface area contributed by atoms with E-state index < -0.39 is 0 Å². The molecule has 1 N–H and O–H groups in total. The highest BCUT2D eigenvalue weighted by atomic mass is 16.2. The zero-order valence-electron chi connectivity index (χ0n) is 13.4. The van der Waals surface area contributed by atoms with Gasteiger partial charge in [0.15, 0.2) is 0 Å². The number of anilines is 2. The summed E-state index contributed by atoms with van der Waals surface area (Å²) in [6, 6.07) is 9.00. The van der Waals surface area contributed by atoms with Gasteiger partial charge < -0.3 is 15.1 Å². The molecular formula is C17H16N6O2. The van der Waals surface area contributed by atoms with Crippen molar-refractivity contribution in [3.63, 3.8) is 0 Å². The Balaban J connectivity index is 1.62. The van der Waals surface area contributed by atoms with E-state index in [1.165, 1.54) is 12.4 Å². The number of nitriles is 1. The summed E-state index contributed by atoms with van der Waals surface area (Å²) >= 11 is 0. The minimum Gasteiger partial charge on any atom is -0.342 e. The predicted molar refractivity (Wildman–Crippen MR) is 90.0 cm³/mol. The molecule has 8 heteroatoms.